The molecule has 0 aliphatic rings. The fraction of sp³-hybridized carbons (Fsp3) is 0.296. The second kappa shape index (κ2) is 12.4. The number of methoxy groups -OCH3 is 1. The number of ether oxygens (including phenoxy) is 2. The van der Waals surface area contributed by atoms with Crippen LogP contribution in [0.15, 0.2) is 77.7 Å². The minimum atomic E-state index is -3.94. The normalized spacial score (nSPS) is 12.1. The number of carbonyl (C=O) groups is 1. The molecule has 3 aromatic rings. The quantitative estimate of drug-likeness (QED) is 0.399. The van der Waals surface area contributed by atoms with E-state index in [0.29, 0.717) is 30.9 Å². The summed E-state index contributed by atoms with van der Waals surface area (Å²) < 4.78 is 39.6. The number of sulfonamides is 1. The maximum absolute atomic E-state index is 13.2. The molecular formula is C27H32N2O5S. The zero-order valence-corrected chi connectivity index (χ0v) is 21.1. The molecule has 0 radical (unpaired) electrons. The zero-order valence-electron chi connectivity index (χ0n) is 20.3. The van der Waals surface area contributed by atoms with Gasteiger partial charge in [-0.25, -0.2) is 8.42 Å². The third-order valence-electron chi connectivity index (χ3n) is 5.53. The summed E-state index contributed by atoms with van der Waals surface area (Å²) in [4.78, 5) is 13.2. The summed E-state index contributed by atoms with van der Waals surface area (Å²) in [5.74, 6) is 1.01. The first-order valence-corrected chi connectivity index (χ1v) is 13.0. The van der Waals surface area contributed by atoms with Gasteiger partial charge in [0, 0.05) is 6.54 Å². The number of benzene rings is 3. The van der Waals surface area contributed by atoms with Crippen LogP contribution in [0.25, 0.3) is 0 Å². The van der Waals surface area contributed by atoms with Crippen LogP contribution in [-0.4, -0.2) is 40.6 Å². The van der Waals surface area contributed by atoms with Crippen molar-refractivity contribution >= 4 is 15.9 Å². The van der Waals surface area contributed by atoms with Gasteiger partial charge in [-0.3, -0.25) is 4.79 Å². The standard InChI is InChI=1S/C27H32N2O5S/c1-4-34-26-15-14-24(18-20(26)2)35(31,32)29-25(19-22-8-6-5-7-9-22)27(30)28-17-16-21-10-12-23(33-3)13-11-21/h5-15,18,25,29H,4,16-17,19H2,1-3H3,(H,28,30)/t25-/m0/s1. The van der Waals surface area contributed by atoms with E-state index in [1.165, 1.54) is 6.07 Å². The van der Waals surface area contributed by atoms with E-state index in [9.17, 15) is 13.2 Å². The summed E-state index contributed by atoms with van der Waals surface area (Å²) in [5, 5.41) is 2.87. The van der Waals surface area contributed by atoms with Crippen LogP contribution in [-0.2, 0) is 27.7 Å². The first kappa shape index (κ1) is 26.2. The topological polar surface area (TPSA) is 93.7 Å². The second-order valence-corrected chi connectivity index (χ2v) is 9.83. The minimum Gasteiger partial charge on any atom is -0.497 e. The average molecular weight is 497 g/mol. The first-order valence-electron chi connectivity index (χ1n) is 11.5. The van der Waals surface area contributed by atoms with E-state index in [0.717, 1.165) is 16.9 Å². The van der Waals surface area contributed by atoms with Crippen molar-refractivity contribution in [3.63, 3.8) is 0 Å². The highest BCUT2D eigenvalue weighted by Crippen LogP contribution is 2.22. The largest absolute Gasteiger partial charge is 0.497 e. The van der Waals surface area contributed by atoms with Gasteiger partial charge in [0.05, 0.1) is 18.6 Å². The maximum atomic E-state index is 13.2. The molecule has 0 aliphatic heterocycles. The van der Waals surface area contributed by atoms with Gasteiger partial charge in [-0.2, -0.15) is 4.72 Å². The smallest absolute Gasteiger partial charge is 0.241 e. The van der Waals surface area contributed by atoms with E-state index in [4.69, 9.17) is 9.47 Å². The molecule has 3 aromatic carbocycles. The van der Waals surface area contributed by atoms with Crippen LogP contribution in [0.2, 0.25) is 0 Å². The Morgan fingerprint density at radius 1 is 0.971 bits per heavy atom. The number of rotatable bonds is 12. The highest BCUT2D eigenvalue weighted by molar-refractivity contribution is 7.89. The molecule has 1 atom stereocenters. The van der Waals surface area contributed by atoms with Gasteiger partial charge < -0.3 is 14.8 Å². The Labute approximate surface area is 207 Å². The van der Waals surface area contributed by atoms with Crippen molar-refractivity contribution in [1.82, 2.24) is 10.0 Å². The lowest BCUT2D eigenvalue weighted by atomic mass is 10.1. The molecule has 0 unspecified atom stereocenters. The first-order chi connectivity index (χ1) is 16.8. The number of aryl methyl sites for hydroxylation is 1. The zero-order chi connectivity index (χ0) is 25.3. The van der Waals surface area contributed by atoms with Crippen molar-refractivity contribution in [2.24, 2.45) is 0 Å². The van der Waals surface area contributed by atoms with Gasteiger partial charge in [-0.15, -0.1) is 0 Å². The highest BCUT2D eigenvalue weighted by atomic mass is 32.2. The van der Waals surface area contributed by atoms with E-state index in [1.807, 2.05) is 61.5 Å². The monoisotopic (exact) mass is 496 g/mol. The van der Waals surface area contributed by atoms with Crippen molar-refractivity contribution in [3.05, 3.63) is 89.5 Å². The molecular weight excluding hydrogens is 464 g/mol. The molecule has 2 N–H and O–H groups in total. The third-order valence-corrected chi connectivity index (χ3v) is 6.99. The van der Waals surface area contributed by atoms with Gasteiger partial charge in [0.1, 0.15) is 17.5 Å². The van der Waals surface area contributed by atoms with Crippen LogP contribution < -0.4 is 19.5 Å². The maximum Gasteiger partial charge on any atom is 0.241 e. The minimum absolute atomic E-state index is 0.0857. The summed E-state index contributed by atoms with van der Waals surface area (Å²) in [5.41, 5.74) is 2.60. The SMILES string of the molecule is CCOc1ccc(S(=O)(=O)N[C@@H](Cc2ccccc2)C(=O)NCCc2ccc(OC)cc2)cc1C. The number of hydrogen-bond donors (Lipinski definition) is 2. The molecule has 0 spiro atoms. The fourth-order valence-electron chi connectivity index (χ4n) is 3.64. The summed E-state index contributed by atoms with van der Waals surface area (Å²) in [6, 6.07) is 20.6. The fourth-order valence-corrected chi connectivity index (χ4v) is 4.93. The van der Waals surface area contributed by atoms with Crippen molar-refractivity contribution < 1.29 is 22.7 Å². The van der Waals surface area contributed by atoms with Gasteiger partial charge in [-0.05, 0) is 73.7 Å². The molecule has 7 nitrogen and oxygen atoms in total. The summed E-state index contributed by atoms with van der Waals surface area (Å²) in [6.45, 7) is 4.52. The molecule has 0 saturated heterocycles. The Kier molecular flexibility index (Phi) is 9.28. The Hall–Kier alpha value is -3.36. The Bertz CT molecular complexity index is 1210. The summed E-state index contributed by atoms with van der Waals surface area (Å²) in [6.07, 6.45) is 0.836. The molecule has 0 bridgehead atoms. The van der Waals surface area contributed by atoms with Gasteiger partial charge in [0.25, 0.3) is 0 Å². The van der Waals surface area contributed by atoms with Crippen LogP contribution in [0.1, 0.15) is 23.6 Å². The van der Waals surface area contributed by atoms with Gasteiger partial charge in [0.15, 0.2) is 0 Å². The van der Waals surface area contributed by atoms with E-state index in [-0.39, 0.29) is 17.2 Å². The van der Waals surface area contributed by atoms with Crippen LogP contribution >= 0.6 is 0 Å². The lowest BCUT2D eigenvalue weighted by molar-refractivity contribution is -0.122. The molecule has 0 aromatic heterocycles. The van der Waals surface area contributed by atoms with Gasteiger partial charge in [-0.1, -0.05) is 42.5 Å². The van der Waals surface area contributed by atoms with E-state index >= 15 is 0 Å². The van der Waals surface area contributed by atoms with E-state index in [1.54, 1.807) is 26.2 Å². The Morgan fingerprint density at radius 2 is 1.69 bits per heavy atom. The Balaban J connectivity index is 1.73. The molecule has 1 amide bonds. The molecule has 0 heterocycles. The molecule has 0 fully saturated rings. The van der Waals surface area contributed by atoms with E-state index < -0.39 is 16.1 Å². The predicted octanol–water partition coefficient (Wildman–Crippen LogP) is 3.65. The van der Waals surface area contributed by atoms with Gasteiger partial charge >= 0.3 is 0 Å². The van der Waals surface area contributed by atoms with E-state index in [2.05, 4.69) is 10.0 Å². The van der Waals surface area contributed by atoms with Crippen molar-refractivity contribution in [2.75, 3.05) is 20.3 Å². The molecule has 3 rings (SSSR count). The number of carbonyl (C=O) groups excluding carboxylic acids is 1. The molecule has 35 heavy (non-hydrogen) atoms. The second-order valence-electron chi connectivity index (χ2n) is 8.11. The lowest BCUT2D eigenvalue weighted by Crippen LogP contribution is -2.48. The predicted molar refractivity (Wildman–Crippen MR) is 136 cm³/mol. The summed E-state index contributed by atoms with van der Waals surface area (Å²) in [7, 11) is -2.34. The Morgan fingerprint density at radius 3 is 2.31 bits per heavy atom. The molecule has 0 saturated carbocycles. The number of amides is 1. The average Bonchev–Trinajstić information content (AvgIpc) is 2.86. The highest BCUT2D eigenvalue weighted by Gasteiger charge is 2.26. The third kappa shape index (κ3) is 7.56. The van der Waals surface area contributed by atoms with Gasteiger partial charge in [0.2, 0.25) is 15.9 Å². The van der Waals surface area contributed by atoms with Crippen LogP contribution in [0.5, 0.6) is 11.5 Å². The number of hydrogen-bond acceptors (Lipinski definition) is 5. The lowest BCUT2D eigenvalue weighted by Gasteiger charge is -2.19. The summed E-state index contributed by atoms with van der Waals surface area (Å²) >= 11 is 0. The van der Waals surface area contributed by atoms with Crippen LogP contribution in [0, 0.1) is 6.92 Å². The van der Waals surface area contributed by atoms with Crippen molar-refractivity contribution in [1.29, 1.82) is 0 Å². The van der Waals surface area contributed by atoms with Crippen LogP contribution in [0.4, 0.5) is 0 Å². The molecule has 186 valence electrons. The van der Waals surface area contributed by atoms with Crippen molar-refractivity contribution in [2.45, 2.75) is 37.6 Å². The molecule has 0 aliphatic carbocycles. The van der Waals surface area contributed by atoms with Crippen LogP contribution in [0.3, 0.4) is 0 Å². The number of nitrogens with one attached hydrogen (secondary N) is 2. The van der Waals surface area contributed by atoms with Crippen molar-refractivity contribution in [3.8, 4) is 11.5 Å². The molecule has 8 heteroatoms.